The predicted octanol–water partition coefficient (Wildman–Crippen LogP) is 6.28. The third-order valence-electron chi connectivity index (χ3n) is 7.43. The first-order chi connectivity index (χ1) is 19.4. The minimum atomic E-state index is -0.770. The Morgan fingerprint density at radius 1 is 0.875 bits per heavy atom. The molecule has 1 atom stereocenters. The molecule has 0 radical (unpaired) electrons. The summed E-state index contributed by atoms with van der Waals surface area (Å²) in [4.78, 5) is 15.6. The number of benzene rings is 3. The molecule has 1 aliphatic heterocycles. The van der Waals surface area contributed by atoms with Crippen molar-refractivity contribution in [3.8, 4) is 23.0 Å². The Kier molecular flexibility index (Phi) is 7.51. The van der Waals surface area contributed by atoms with Gasteiger partial charge in [0.15, 0.2) is 17.3 Å². The highest BCUT2D eigenvalue weighted by atomic mass is 16.5. The average molecular weight is 541 g/mol. The minimum Gasteiger partial charge on any atom is -0.507 e. The van der Waals surface area contributed by atoms with Crippen LogP contribution in [0.1, 0.15) is 36.3 Å². The molecule has 206 valence electrons. The van der Waals surface area contributed by atoms with Crippen molar-refractivity contribution in [3.05, 3.63) is 94.7 Å². The number of aliphatic hydroxyl groups excluding tert-OH is 1. The van der Waals surface area contributed by atoms with Gasteiger partial charge in [-0.3, -0.25) is 15.1 Å². The highest BCUT2D eigenvalue weighted by molar-refractivity contribution is 6.20. The summed E-state index contributed by atoms with van der Waals surface area (Å²) < 4.78 is 22.6. The third kappa shape index (κ3) is 4.45. The summed E-state index contributed by atoms with van der Waals surface area (Å²) >= 11 is 0. The summed E-state index contributed by atoms with van der Waals surface area (Å²) in [6, 6.07) is 19.8. The second-order valence-electron chi connectivity index (χ2n) is 9.50. The first-order valence-electron chi connectivity index (χ1n) is 13.0. The van der Waals surface area contributed by atoms with E-state index in [0.717, 1.165) is 0 Å². The predicted molar refractivity (Wildman–Crippen MR) is 154 cm³/mol. The molecule has 0 saturated carbocycles. The fourth-order valence-corrected chi connectivity index (χ4v) is 5.63. The van der Waals surface area contributed by atoms with Gasteiger partial charge in [0, 0.05) is 40.5 Å². The number of carbonyl (C=O) groups excluding carboxylic acids is 1. The number of allylic oxidation sites excluding steroid dienone is 2. The number of carbonyl (C=O) groups is 1. The number of aliphatic hydroxyl groups is 1. The lowest BCUT2D eigenvalue weighted by Crippen LogP contribution is -2.42. The van der Waals surface area contributed by atoms with Gasteiger partial charge in [-0.25, -0.2) is 0 Å². The Labute approximate surface area is 233 Å². The number of Topliss-reactive ketones (excluding diaryl/α,β-unsaturated/α-hetero) is 1. The van der Waals surface area contributed by atoms with Crippen LogP contribution in [-0.4, -0.2) is 45.2 Å². The summed E-state index contributed by atoms with van der Waals surface area (Å²) in [5.74, 6) is 1.12. The van der Waals surface area contributed by atoms with Crippen LogP contribution >= 0.6 is 0 Å². The number of methoxy groups -OCH3 is 4. The van der Waals surface area contributed by atoms with Crippen molar-refractivity contribution in [2.45, 2.75) is 25.2 Å². The van der Waals surface area contributed by atoms with E-state index in [9.17, 15) is 15.3 Å². The largest absolute Gasteiger partial charge is 0.507 e. The normalized spacial score (nSPS) is 18.3. The monoisotopic (exact) mass is 540 g/mol. The number of ketones is 1. The maximum absolute atomic E-state index is 13.8. The number of para-hydroxylation sites is 1. The van der Waals surface area contributed by atoms with E-state index < -0.39 is 5.92 Å². The lowest BCUT2D eigenvalue weighted by atomic mass is 9.73. The Balaban J connectivity index is 1.90. The second kappa shape index (κ2) is 11.2. The molecular formula is C32H32N2O6. The maximum Gasteiger partial charge on any atom is 0.164 e. The first kappa shape index (κ1) is 26.9. The van der Waals surface area contributed by atoms with Crippen molar-refractivity contribution in [3.63, 3.8) is 0 Å². The lowest BCUT2D eigenvalue weighted by Gasteiger charge is -2.42. The van der Waals surface area contributed by atoms with Gasteiger partial charge in [-0.15, -0.1) is 0 Å². The third-order valence-corrected chi connectivity index (χ3v) is 7.43. The van der Waals surface area contributed by atoms with Crippen molar-refractivity contribution in [2.75, 3.05) is 33.3 Å². The smallest absolute Gasteiger partial charge is 0.164 e. The van der Waals surface area contributed by atoms with E-state index in [0.29, 0.717) is 70.3 Å². The topological polar surface area (TPSA) is 101 Å². The van der Waals surface area contributed by atoms with Crippen LogP contribution in [0.5, 0.6) is 23.0 Å². The van der Waals surface area contributed by atoms with E-state index in [2.05, 4.69) is 0 Å². The fourth-order valence-electron chi connectivity index (χ4n) is 5.63. The number of nitrogens with zero attached hydrogens (tertiary/aromatic N) is 1. The molecule has 5 rings (SSSR count). The highest BCUT2D eigenvalue weighted by Crippen LogP contribution is 2.52. The molecule has 3 aromatic carbocycles. The number of hydrogen-bond donors (Lipinski definition) is 2. The Morgan fingerprint density at radius 3 is 2.30 bits per heavy atom. The Hall–Kier alpha value is -4.72. The van der Waals surface area contributed by atoms with E-state index in [1.165, 1.54) is 0 Å². The van der Waals surface area contributed by atoms with Gasteiger partial charge >= 0.3 is 0 Å². The van der Waals surface area contributed by atoms with E-state index >= 15 is 0 Å². The zero-order valence-electron chi connectivity index (χ0n) is 23.0. The van der Waals surface area contributed by atoms with Crippen LogP contribution in [0.3, 0.4) is 0 Å². The highest BCUT2D eigenvalue weighted by Gasteiger charge is 2.45. The van der Waals surface area contributed by atoms with Crippen molar-refractivity contribution in [1.82, 2.24) is 0 Å². The average Bonchev–Trinajstić information content (AvgIpc) is 3.00. The van der Waals surface area contributed by atoms with Crippen LogP contribution in [0.15, 0.2) is 83.6 Å². The van der Waals surface area contributed by atoms with Gasteiger partial charge in [0.05, 0.1) is 40.0 Å². The lowest BCUT2D eigenvalue weighted by molar-refractivity contribution is -0.116. The molecule has 1 aliphatic carbocycles. The second-order valence-corrected chi connectivity index (χ2v) is 9.50. The molecule has 8 heteroatoms. The molecule has 40 heavy (non-hydrogen) atoms. The van der Waals surface area contributed by atoms with Gasteiger partial charge in [-0.1, -0.05) is 42.5 Å². The van der Waals surface area contributed by atoms with Gasteiger partial charge in [0.25, 0.3) is 0 Å². The Bertz CT molecular complexity index is 1530. The molecule has 2 aliphatic rings. The number of amidine groups is 1. The molecular weight excluding hydrogens is 508 g/mol. The molecule has 0 saturated heterocycles. The van der Waals surface area contributed by atoms with Gasteiger partial charge in [-0.2, -0.15) is 0 Å². The van der Waals surface area contributed by atoms with E-state index in [1.54, 1.807) is 69.7 Å². The quantitative estimate of drug-likeness (QED) is 0.340. The molecule has 0 aromatic heterocycles. The molecule has 0 bridgehead atoms. The number of anilines is 1. The number of rotatable bonds is 7. The standard InChI is InChI=1S/C32H32N2O6/c1-37-20-16-17-25(38-2)23(18-20)34-22-13-9-14-24(35)28(22)27(21-12-8-15-26(39-3)31(21)40-4)29(32(34)33)30(36)19-10-6-5-7-11-19/h5-8,10-12,15-18,27,33,36H,9,13-14H2,1-4H3/b30-29+,33-32?. The number of hydrogen-bond acceptors (Lipinski definition) is 7. The SMILES string of the molecule is COc1ccc(OC)c(N2C(=N)/C(=C(/O)c3ccccc3)C(c3cccc(OC)c3OC)C3=C2CCCC3=O)c1. The molecule has 1 heterocycles. The zero-order valence-corrected chi connectivity index (χ0v) is 23.0. The van der Waals surface area contributed by atoms with Crippen molar-refractivity contribution in [2.24, 2.45) is 0 Å². The van der Waals surface area contributed by atoms with E-state index in [1.807, 2.05) is 30.3 Å². The summed E-state index contributed by atoms with van der Waals surface area (Å²) in [6.07, 6.45) is 1.56. The molecule has 0 amide bonds. The van der Waals surface area contributed by atoms with Crippen LogP contribution in [-0.2, 0) is 4.79 Å². The first-order valence-corrected chi connectivity index (χ1v) is 13.0. The summed E-state index contributed by atoms with van der Waals surface area (Å²) in [6.45, 7) is 0. The number of ether oxygens (including phenoxy) is 4. The Morgan fingerprint density at radius 2 is 1.62 bits per heavy atom. The minimum absolute atomic E-state index is 0.0243. The van der Waals surface area contributed by atoms with Crippen LogP contribution in [0.4, 0.5) is 5.69 Å². The summed E-state index contributed by atoms with van der Waals surface area (Å²) in [5.41, 5.74) is 3.17. The van der Waals surface area contributed by atoms with Gasteiger partial charge in [0.1, 0.15) is 23.1 Å². The molecule has 0 fully saturated rings. The van der Waals surface area contributed by atoms with Gasteiger partial charge in [-0.05, 0) is 31.0 Å². The van der Waals surface area contributed by atoms with Crippen molar-refractivity contribution in [1.29, 1.82) is 5.41 Å². The van der Waals surface area contributed by atoms with E-state index in [4.69, 9.17) is 18.9 Å². The summed E-state index contributed by atoms with van der Waals surface area (Å²) in [5, 5.41) is 21.5. The zero-order chi connectivity index (χ0) is 28.4. The van der Waals surface area contributed by atoms with Crippen LogP contribution in [0.2, 0.25) is 0 Å². The molecule has 2 N–H and O–H groups in total. The molecule has 0 spiro atoms. The summed E-state index contributed by atoms with van der Waals surface area (Å²) in [7, 11) is 6.22. The van der Waals surface area contributed by atoms with Crippen LogP contribution in [0.25, 0.3) is 5.76 Å². The number of nitrogens with one attached hydrogen (secondary N) is 1. The van der Waals surface area contributed by atoms with Crippen molar-refractivity contribution >= 4 is 23.1 Å². The van der Waals surface area contributed by atoms with Crippen LogP contribution < -0.4 is 23.8 Å². The maximum atomic E-state index is 13.8. The van der Waals surface area contributed by atoms with Gasteiger partial charge in [0.2, 0.25) is 0 Å². The van der Waals surface area contributed by atoms with Crippen molar-refractivity contribution < 1.29 is 28.8 Å². The van der Waals surface area contributed by atoms with Gasteiger partial charge < -0.3 is 24.1 Å². The molecule has 1 unspecified atom stereocenters. The molecule has 8 nitrogen and oxygen atoms in total. The fraction of sp³-hybridized carbons (Fsp3) is 0.250. The van der Waals surface area contributed by atoms with E-state index in [-0.39, 0.29) is 23.0 Å². The molecule has 3 aromatic rings. The van der Waals surface area contributed by atoms with Crippen LogP contribution in [0, 0.1) is 5.41 Å².